The van der Waals surface area contributed by atoms with Gasteiger partial charge in [0.05, 0.1) is 5.56 Å². The average molecular weight is 281 g/mol. The number of benzene rings is 1. The van der Waals surface area contributed by atoms with Gasteiger partial charge in [0.15, 0.2) is 0 Å². The van der Waals surface area contributed by atoms with Crippen molar-refractivity contribution in [2.24, 2.45) is 0 Å². The lowest BCUT2D eigenvalue weighted by Gasteiger charge is -2.11. The van der Waals surface area contributed by atoms with Crippen LogP contribution >= 0.6 is 0 Å². The van der Waals surface area contributed by atoms with Gasteiger partial charge in [-0.1, -0.05) is 12.1 Å². The van der Waals surface area contributed by atoms with E-state index >= 15 is 0 Å². The van der Waals surface area contributed by atoms with E-state index in [1.165, 1.54) is 6.07 Å². The Morgan fingerprint density at radius 3 is 2.80 bits per heavy atom. The summed E-state index contributed by atoms with van der Waals surface area (Å²) in [6.45, 7) is 0.327. The summed E-state index contributed by atoms with van der Waals surface area (Å²) in [4.78, 5) is 4.19. The van der Waals surface area contributed by atoms with Gasteiger partial charge in [-0.15, -0.1) is 0 Å². The first-order valence-corrected chi connectivity index (χ1v) is 6.47. The third kappa shape index (κ3) is 2.79. The topological polar surface area (TPSA) is 29.9 Å². The molecule has 3 rings (SSSR count). The Hall–Kier alpha value is -1.98. The van der Waals surface area contributed by atoms with Crippen LogP contribution in [0.2, 0.25) is 0 Å². The van der Waals surface area contributed by atoms with Crippen molar-refractivity contribution < 1.29 is 13.2 Å². The van der Waals surface area contributed by atoms with E-state index in [0.717, 1.165) is 25.0 Å². The molecule has 1 aromatic carbocycles. The van der Waals surface area contributed by atoms with Crippen LogP contribution in [0.25, 0.3) is 0 Å². The number of anilines is 1. The molecule has 0 unspecified atom stereocenters. The summed E-state index contributed by atoms with van der Waals surface area (Å²) in [6, 6.07) is 5.83. The number of imidazole rings is 1. The number of alkyl halides is 3. The molecule has 2 aromatic rings. The van der Waals surface area contributed by atoms with Crippen molar-refractivity contribution in [3.63, 3.8) is 0 Å². The summed E-state index contributed by atoms with van der Waals surface area (Å²) in [5.74, 6) is 0.713. The Bertz CT molecular complexity index is 600. The highest BCUT2D eigenvalue weighted by molar-refractivity contribution is 5.32. The fourth-order valence-corrected chi connectivity index (χ4v) is 2.14. The predicted octanol–water partition coefficient (Wildman–Crippen LogP) is 3.85. The highest BCUT2D eigenvalue weighted by atomic mass is 19.4. The second kappa shape index (κ2) is 4.85. The first kappa shape index (κ1) is 13.0. The molecule has 0 bridgehead atoms. The van der Waals surface area contributed by atoms with Gasteiger partial charge in [0.2, 0.25) is 5.95 Å². The van der Waals surface area contributed by atoms with Gasteiger partial charge in [-0.3, -0.25) is 0 Å². The minimum absolute atomic E-state index is 0.327. The molecule has 1 aliphatic carbocycles. The zero-order valence-electron chi connectivity index (χ0n) is 10.7. The minimum Gasteiger partial charge on any atom is -0.352 e. The fourth-order valence-electron chi connectivity index (χ4n) is 2.14. The van der Waals surface area contributed by atoms with Gasteiger partial charge in [0.25, 0.3) is 0 Å². The van der Waals surface area contributed by atoms with Gasteiger partial charge >= 0.3 is 6.18 Å². The summed E-state index contributed by atoms with van der Waals surface area (Å²) < 4.78 is 39.9. The average Bonchev–Trinajstić information content (AvgIpc) is 3.15. The molecule has 0 atom stereocenters. The zero-order valence-corrected chi connectivity index (χ0v) is 10.7. The largest absolute Gasteiger partial charge is 0.416 e. The number of hydrogen-bond donors (Lipinski definition) is 1. The second-order valence-electron chi connectivity index (χ2n) is 4.94. The molecular weight excluding hydrogens is 267 g/mol. The Kier molecular flexibility index (Phi) is 3.16. The lowest BCUT2D eigenvalue weighted by Crippen LogP contribution is -2.09. The number of nitrogens with one attached hydrogen (secondary N) is 1. The first-order chi connectivity index (χ1) is 9.54. The summed E-state index contributed by atoms with van der Waals surface area (Å²) in [5.41, 5.74) is -0.0347. The molecule has 0 saturated heterocycles. The molecule has 20 heavy (non-hydrogen) atoms. The van der Waals surface area contributed by atoms with Crippen LogP contribution < -0.4 is 5.32 Å². The maximum atomic E-state index is 12.6. The van der Waals surface area contributed by atoms with Crippen LogP contribution in [0.4, 0.5) is 19.1 Å². The van der Waals surface area contributed by atoms with Crippen LogP contribution in [0.15, 0.2) is 36.7 Å². The van der Waals surface area contributed by atoms with E-state index in [2.05, 4.69) is 10.3 Å². The second-order valence-corrected chi connectivity index (χ2v) is 4.94. The Labute approximate surface area is 114 Å². The van der Waals surface area contributed by atoms with Crippen LogP contribution in [0.5, 0.6) is 0 Å². The van der Waals surface area contributed by atoms with Crippen molar-refractivity contribution in [1.82, 2.24) is 9.55 Å². The molecule has 1 fully saturated rings. The van der Waals surface area contributed by atoms with E-state index in [0.29, 0.717) is 24.1 Å². The molecule has 1 aliphatic rings. The molecule has 1 N–H and O–H groups in total. The number of aromatic nitrogens is 2. The quantitative estimate of drug-likeness (QED) is 0.922. The van der Waals surface area contributed by atoms with Gasteiger partial charge in [-0.05, 0) is 30.5 Å². The highest BCUT2D eigenvalue weighted by Gasteiger charge is 2.30. The normalized spacial score (nSPS) is 15.3. The van der Waals surface area contributed by atoms with E-state index in [-0.39, 0.29) is 0 Å². The minimum atomic E-state index is -4.30. The van der Waals surface area contributed by atoms with Gasteiger partial charge < -0.3 is 9.88 Å². The van der Waals surface area contributed by atoms with Crippen molar-refractivity contribution in [2.45, 2.75) is 31.6 Å². The van der Waals surface area contributed by atoms with E-state index in [4.69, 9.17) is 0 Å². The summed E-state index contributed by atoms with van der Waals surface area (Å²) in [5, 5.41) is 3.09. The van der Waals surface area contributed by atoms with Crippen LogP contribution in [-0.2, 0) is 12.7 Å². The third-order valence-corrected chi connectivity index (χ3v) is 3.31. The molecule has 0 radical (unpaired) electrons. The van der Waals surface area contributed by atoms with Crippen LogP contribution in [-0.4, -0.2) is 9.55 Å². The van der Waals surface area contributed by atoms with E-state index < -0.39 is 11.7 Å². The maximum Gasteiger partial charge on any atom is 0.416 e. The number of halogens is 3. The zero-order chi connectivity index (χ0) is 14.2. The summed E-state index contributed by atoms with van der Waals surface area (Å²) >= 11 is 0. The van der Waals surface area contributed by atoms with Gasteiger partial charge in [-0.25, -0.2) is 4.98 Å². The molecule has 1 heterocycles. The van der Waals surface area contributed by atoms with Gasteiger partial charge in [-0.2, -0.15) is 13.2 Å². The molecular formula is C14H14F3N3. The summed E-state index contributed by atoms with van der Waals surface area (Å²) in [6.07, 6.45) is 1.56. The van der Waals surface area contributed by atoms with Crippen molar-refractivity contribution in [1.29, 1.82) is 0 Å². The van der Waals surface area contributed by atoms with E-state index in [1.807, 2.05) is 10.8 Å². The molecule has 1 aromatic heterocycles. The predicted molar refractivity (Wildman–Crippen MR) is 69.3 cm³/mol. The smallest absolute Gasteiger partial charge is 0.352 e. The number of rotatable bonds is 4. The van der Waals surface area contributed by atoms with E-state index in [1.54, 1.807) is 12.3 Å². The van der Waals surface area contributed by atoms with Gasteiger partial charge in [0.1, 0.15) is 0 Å². The van der Waals surface area contributed by atoms with Crippen molar-refractivity contribution in [3.8, 4) is 0 Å². The molecule has 6 heteroatoms. The fraction of sp³-hybridized carbons (Fsp3) is 0.357. The maximum absolute atomic E-state index is 12.6. The Morgan fingerprint density at radius 2 is 2.10 bits per heavy atom. The molecule has 0 amide bonds. The number of hydrogen-bond acceptors (Lipinski definition) is 2. The lowest BCUT2D eigenvalue weighted by molar-refractivity contribution is -0.137. The molecule has 3 nitrogen and oxygen atoms in total. The molecule has 0 spiro atoms. The lowest BCUT2D eigenvalue weighted by atomic mass is 10.1. The Balaban J connectivity index is 1.70. The third-order valence-electron chi connectivity index (χ3n) is 3.31. The van der Waals surface area contributed by atoms with Crippen LogP contribution in [0.1, 0.15) is 30.0 Å². The molecule has 106 valence electrons. The highest BCUT2D eigenvalue weighted by Crippen LogP contribution is 2.36. The number of nitrogens with zero attached hydrogens (tertiary/aromatic N) is 2. The summed E-state index contributed by atoms with van der Waals surface area (Å²) in [7, 11) is 0. The standard InChI is InChI=1S/C14H14F3N3/c15-14(16,17)11-3-1-2-10(8-11)9-19-13-18-6-7-20(13)12-4-5-12/h1-3,6-8,12H,4-5,9H2,(H,18,19). The monoisotopic (exact) mass is 281 g/mol. The molecule has 1 saturated carbocycles. The van der Waals surface area contributed by atoms with Crippen LogP contribution in [0, 0.1) is 0 Å². The van der Waals surface area contributed by atoms with Crippen molar-refractivity contribution in [3.05, 3.63) is 47.8 Å². The van der Waals surface area contributed by atoms with E-state index in [9.17, 15) is 13.2 Å². The SMILES string of the molecule is FC(F)(F)c1cccc(CNc2nccn2C2CC2)c1. The first-order valence-electron chi connectivity index (χ1n) is 6.47. The Morgan fingerprint density at radius 1 is 1.30 bits per heavy atom. The molecule has 0 aliphatic heterocycles. The van der Waals surface area contributed by atoms with Crippen LogP contribution in [0.3, 0.4) is 0 Å². The van der Waals surface area contributed by atoms with Crippen molar-refractivity contribution in [2.75, 3.05) is 5.32 Å². The van der Waals surface area contributed by atoms with Gasteiger partial charge in [0, 0.05) is 25.0 Å². The van der Waals surface area contributed by atoms with Crippen molar-refractivity contribution >= 4 is 5.95 Å².